The number of amides is 1. The average Bonchev–Trinajstić information content (AvgIpc) is 3.32. The van der Waals surface area contributed by atoms with E-state index < -0.39 is 5.91 Å². The van der Waals surface area contributed by atoms with Crippen LogP contribution in [0.2, 0.25) is 10.0 Å². The lowest BCUT2D eigenvalue weighted by molar-refractivity contribution is 0.0995. The molecule has 3 aromatic rings. The number of aromatic nitrogens is 2. The Morgan fingerprint density at radius 3 is 2.79 bits per heavy atom. The molecule has 4 heterocycles. The zero-order valence-electron chi connectivity index (χ0n) is 14.7. The number of rotatable bonds is 3. The highest BCUT2D eigenvalue weighted by Gasteiger charge is 2.25. The molecule has 4 rings (SSSR count). The van der Waals surface area contributed by atoms with E-state index in [2.05, 4.69) is 9.98 Å². The van der Waals surface area contributed by atoms with Crippen LogP contribution >= 0.6 is 23.2 Å². The van der Waals surface area contributed by atoms with E-state index in [4.69, 9.17) is 37.1 Å². The van der Waals surface area contributed by atoms with Gasteiger partial charge in [0.15, 0.2) is 11.3 Å². The minimum atomic E-state index is -0.651. The highest BCUT2D eigenvalue weighted by Crippen LogP contribution is 2.35. The minimum Gasteiger partial charge on any atom is -0.491 e. The largest absolute Gasteiger partial charge is 0.491 e. The summed E-state index contributed by atoms with van der Waals surface area (Å²) in [6.45, 7) is 1.22. The van der Waals surface area contributed by atoms with Crippen LogP contribution in [0.1, 0.15) is 28.6 Å². The van der Waals surface area contributed by atoms with Crippen LogP contribution in [0, 0.1) is 0 Å². The van der Waals surface area contributed by atoms with Crippen LogP contribution in [0.5, 0.6) is 5.75 Å². The second kappa shape index (κ2) is 7.46. The number of methoxy groups -OCH3 is 1. The zero-order valence-corrected chi connectivity index (χ0v) is 16.2. The van der Waals surface area contributed by atoms with Gasteiger partial charge in [0.2, 0.25) is 0 Å². The first kappa shape index (κ1) is 18.8. The van der Waals surface area contributed by atoms with Gasteiger partial charge >= 0.3 is 0 Å². The number of ether oxygens (including phenoxy) is 2. The van der Waals surface area contributed by atoms with Gasteiger partial charge in [0.05, 0.1) is 47.7 Å². The van der Waals surface area contributed by atoms with Crippen molar-refractivity contribution < 1.29 is 23.9 Å². The molecular formula is C18H15Cl2N3O5. The van der Waals surface area contributed by atoms with Crippen molar-refractivity contribution >= 4 is 40.1 Å². The molecule has 0 aliphatic carbocycles. The van der Waals surface area contributed by atoms with Crippen LogP contribution < -0.4 is 10.1 Å². The van der Waals surface area contributed by atoms with Gasteiger partial charge in [-0.2, -0.15) is 4.73 Å². The third-order valence-corrected chi connectivity index (χ3v) is 5.01. The molecule has 10 heteroatoms. The summed E-state index contributed by atoms with van der Waals surface area (Å²) in [5.74, 6) is 0.566. The maximum atomic E-state index is 12.8. The number of pyridine rings is 2. The fourth-order valence-electron chi connectivity index (χ4n) is 3.06. The van der Waals surface area contributed by atoms with Gasteiger partial charge in [-0.3, -0.25) is 4.79 Å². The summed E-state index contributed by atoms with van der Waals surface area (Å²) >= 11 is 12.1. The van der Waals surface area contributed by atoms with Crippen LogP contribution in [0.15, 0.2) is 34.1 Å². The molecule has 8 nitrogen and oxygen atoms in total. The summed E-state index contributed by atoms with van der Waals surface area (Å²) in [6.07, 6.45) is 4.58. The number of carbonyl (C=O) groups is 1. The third kappa shape index (κ3) is 3.34. The first-order valence-corrected chi connectivity index (χ1v) is 9.13. The maximum Gasteiger partial charge on any atom is 0.296 e. The SMILES string of the molecule is COc1cnc(C(=O)N=c2c(Cl)cn(O)cc2Cl)c2cc(C3CCOC3)oc12. The fraction of sp³-hybridized carbons (Fsp3) is 0.278. The predicted octanol–water partition coefficient (Wildman–Crippen LogP) is 3.43. The average molecular weight is 424 g/mol. The van der Waals surface area contributed by atoms with E-state index in [9.17, 15) is 10.0 Å². The molecule has 0 spiro atoms. The van der Waals surface area contributed by atoms with Crippen LogP contribution in [0.4, 0.5) is 0 Å². The predicted molar refractivity (Wildman–Crippen MR) is 100 cm³/mol. The summed E-state index contributed by atoms with van der Waals surface area (Å²) in [5, 5.41) is 10.0. The van der Waals surface area contributed by atoms with Crippen LogP contribution in [0.3, 0.4) is 0 Å². The van der Waals surface area contributed by atoms with Crippen molar-refractivity contribution in [2.24, 2.45) is 4.99 Å². The Hall–Kier alpha value is -2.55. The van der Waals surface area contributed by atoms with Gasteiger partial charge in [-0.15, -0.1) is 0 Å². The molecule has 3 aromatic heterocycles. The molecule has 1 unspecified atom stereocenters. The standard InChI is InChI=1S/C18H15Cl2N3O5/c1-26-14-5-21-15(10-4-13(28-17(10)14)9-2-3-27-8-9)18(24)22-16-11(19)6-23(25)7-12(16)20/h4-7,9,25H,2-3,8H2,1H3. The Labute approximate surface area is 168 Å². The Morgan fingerprint density at radius 1 is 1.39 bits per heavy atom. The van der Waals surface area contributed by atoms with Gasteiger partial charge in [-0.1, -0.05) is 23.2 Å². The quantitative estimate of drug-likeness (QED) is 0.647. The first-order chi connectivity index (χ1) is 13.5. The monoisotopic (exact) mass is 423 g/mol. The number of furan rings is 1. The first-order valence-electron chi connectivity index (χ1n) is 8.37. The fourth-order valence-corrected chi connectivity index (χ4v) is 3.60. The number of hydrogen-bond acceptors (Lipinski definition) is 6. The molecule has 1 amide bonds. The highest BCUT2D eigenvalue weighted by molar-refractivity contribution is 6.34. The molecule has 0 aromatic carbocycles. The molecular weight excluding hydrogens is 409 g/mol. The van der Waals surface area contributed by atoms with Crippen molar-refractivity contribution in [1.82, 2.24) is 9.71 Å². The summed E-state index contributed by atoms with van der Waals surface area (Å²) in [7, 11) is 1.50. The van der Waals surface area contributed by atoms with Crippen molar-refractivity contribution in [3.05, 3.63) is 51.5 Å². The van der Waals surface area contributed by atoms with Gasteiger partial charge < -0.3 is 19.1 Å². The Kier molecular flexibility index (Phi) is 5.01. The van der Waals surface area contributed by atoms with Crippen LogP contribution in [-0.4, -0.2) is 41.2 Å². The topological polar surface area (TPSA) is 99.1 Å². The highest BCUT2D eigenvalue weighted by atomic mass is 35.5. The number of carbonyl (C=O) groups excluding carboxylic acids is 1. The lowest BCUT2D eigenvalue weighted by Gasteiger charge is -2.03. The molecule has 1 aliphatic heterocycles. The van der Waals surface area contributed by atoms with Crippen LogP contribution in [-0.2, 0) is 4.74 Å². The number of hydrogen-bond donors (Lipinski definition) is 1. The van der Waals surface area contributed by atoms with Gasteiger partial charge in [0, 0.05) is 12.5 Å². The van der Waals surface area contributed by atoms with Crippen molar-refractivity contribution in [2.45, 2.75) is 12.3 Å². The van der Waals surface area contributed by atoms with E-state index in [-0.39, 0.29) is 27.0 Å². The van der Waals surface area contributed by atoms with E-state index in [1.807, 2.05) is 0 Å². The van der Waals surface area contributed by atoms with E-state index >= 15 is 0 Å². The summed E-state index contributed by atoms with van der Waals surface area (Å²) in [6, 6.07) is 1.77. The molecule has 28 heavy (non-hydrogen) atoms. The summed E-state index contributed by atoms with van der Waals surface area (Å²) in [5.41, 5.74) is 0.494. The third-order valence-electron chi connectivity index (χ3n) is 4.45. The molecule has 1 saturated heterocycles. The van der Waals surface area contributed by atoms with Gasteiger partial charge in [0.25, 0.3) is 5.91 Å². The number of fused-ring (bicyclic) bond motifs is 1. The van der Waals surface area contributed by atoms with Gasteiger partial charge in [0.1, 0.15) is 16.8 Å². The Morgan fingerprint density at radius 2 is 2.14 bits per heavy atom. The minimum absolute atomic E-state index is 0.0177. The molecule has 1 N–H and O–H groups in total. The molecule has 0 radical (unpaired) electrons. The van der Waals surface area contributed by atoms with Crippen LogP contribution in [0.25, 0.3) is 11.0 Å². The molecule has 1 fully saturated rings. The molecule has 146 valence electrons. The lowest BCUT2D eigenvalue weighted by atomic mass is 10.1. The van der Waals surface area contributed by atoms with E-state index in [1.54, 1.807) is 6.07 Å². The molecule has 0 saturated carbocycles. The molecule has 1 atom stereocenters. The summed E-state index contributed by atoms with van der Waals surface area (Å²) in [4.78, 5) is 21.0. The number of halogens is 2. The van der Waals surface area contributed by atoms with Gasteiger partial charge in [-0.05, 0) is 12.5 Å². The van der Waals surface area contributed by atoms with Gasteiger partial charge in [-0.25, -0.2) is 9.98 Å². The van der Waals surface area contributed by atoms with Crippen molar-refractivity contribution in [2.75, 3.05) is 20.3 Å². The maximum absolute atomic E-state index is 12.8. The zero-order chi connectivity index (χ0) is 19.8. The molecule has 1 aliphatic rings. The normalized spacial score (nSPS) is 16.5. The molecule has 0 bridgehead atoms. The second-order valence-electron chi connectivity index (χ2n) is 6.23. The number of nitrogens with zero attached hydrogens (tertiary/aromatic N) is 3. The van der Waals surface area contributed by atoms with E-state index in [0.29, 0.717) is 40.4 Å². The van der Waals surface area contributed by atoms with Crippen molar-refractivity contribution in [1.29, 1.82) is 0 Å². The smallest absolute Gasteiger partial charge is 0.296 e. The van der Waals surface area contributed by atoms with Crippen molar-refractivity contribution in [3.8, 4) is 5.75 Å². The Balaban J connectivity index is 1.84. The summed E-state index contributed by atoms with van der Waals surface area (Å²) < 4.78 is 17.4. The van der Waals surface area contributed by atoms with Crippen molar-refractivity contribution in [3.63, 3.8) is 0 Å². The Bertz CT molecular complexity index is 1110. The van der Waals surface area contributed by atoms with E-state index in [1.165, 1.54) is 25.7 Å². The van der Waals surface area contributed by atoms with E-state index in [0.717, 1.165) is 6.42 Å². The second-order valence-corrected chi connectivity index (χ2v) is 7.04. The lowest BCUT2D eigenvalue weighted by Crippen LogP contribution is -2.13.